The maximum atomic E-state index is 13.1. The van der Waals surface area contributed by atoms with Crippen molar-refractivity contribution in [2.24, 2.45) is 5.92 Å². The number of rotatable bonds is 3. The topological polar surface area (TPSA) is 91.4 Å². The van der Waals surface area contributed by atoms with Crippen LogP contribution in [-0.2, 0) is 6.18 Å². The van der Waals surface area contributed by atoms with E-state index in [1.807, 2.05) is 24.3 Å². The highest BCUT2D eigenvalue weighted by atomic mass is 19.4. The van der Waals surface area contributed by atoms with Crippen molar-refractivity contribution < 1.29 is 17.9 Å². The number of nitriles is 1. The Hall–Kier alpha value is -3.39. The lowest BCUT2D eigenvalue weighted by Gasteiger charge is -2.39. The minimum Gasteiger partial charge on any atom is -0.491 e. The van der Waals surface area contributed by atoms with Gasteiger partial charge >= 0.3 is 6.18 Å². The number of aromatic nitrogens is 4. The number of nitrogens with zero attached hydrogens (tertiary/aromatic N) is 6. The Bertz CT molecular complexity index is 1160. The van der Waals surface area contributed by atoms with Crippen LogP contribution >= 0.6 is 0 Å². The average molecular weight is 429 g/mol. The number of likely N-dealkylation sites (tertiary alicyclic amines) is 1. The van der Waals surface area contributed by atoms with Crippen LogP contribution in [0.1, 0.15) is 23.9 Å². The molecule has 2 aromatic heterocycles. The molecule has 0 amide bonds. The second-order valence-corrected chi connectivity index (χ2v) is 7.62. The van der Waals surface area contributed by atoms with Crippen molar-refractivity contribution >= 4 is 11.6 Å². The third kappa shape index (κ3) is 3.53. The standard InChI is InChI=1S/C20H18F3N7O/c21-20(22,23)18-27-19-25-7-5-16(30(19)28-18)26-17-13-3-1-2-4-15(13)31-11-14(17)29-8-6-12(9-24)10-29/h1-5,7,12,14,17,26H,6,8,10-11H2/t12-,14+,17+/m1/s1. The van der Waals surface area contributed by atoms with Crippen LogP contribution in [0.4, 0.5) is 19.0 Å². The summed E-state index contributed by atoms with van der Waals surface area (Å²) in [5.74, 6) is -0.368. The third-order valence-corrected chi connectivity index (χ3v) is 5.72. The van der Waals surface area contributed by atoms with Gasteiger partial charge in [0.25, 0.3) is 11.6 Å². The van der Waals surface area contributed by atoms with Crippen LogP contribution in [0.25, 0.3) is 5.78 Å². The number of fused-ring (bicyclic) bond motifs is 2. The minimum atomic E-state index is -4.67. The van der Waals surface area contributed by atoms with Gasteiger partial charge in [0.1, 0.15) is 18.2 Å². The van der Waals surface area contributed by atoms with Gasteiger partial charge in [0.05, 0.1) is 24.1 Å². The summed E-state index contributed by atoms with van der Waals surface area (Å²) in [4.78, 5) is 9.61. The van der Waals surface area contributed by atoms with Crippen LogP contribution in [0.2, 0.25) is 0 Å². The summed E-state index contributed by atoms with van der Waals surface area (Å²) < 4.78 is 46.4. The molecule has 1 fully saturated rings. The first-order chi connectivity index (χ1) is 14.9. The van der Waals surface area contributed by atoms with E-state index >= 15 is 0 Å². The number of para-hydroxylation sites is 1. The molecule has 5 rings (SSSR count). The molecule has 0 unspecified atom stereocenters. The van der Waals surface area contributed by atoms with Gasteiger partial charge in [-0.25, -0.2) is 4.98 Å². The molecule has 4 heterocycles. The Morgan fingerprint density at radius 3 is 2.84 bits per heavy atom. The van der Waals surface area contributed by atoms with Gasteiger partial charge < -0.3 is 10.1 Å². The minimum absolute atomic E-state index is 0.0462. The fraction of sp³-hybridized carbons (Fsp3) is 0.400. The zero-order chi connectivity index (χ0) is 21.6. The van der Waals surface area contributed by atoms with E-state index in [1.165, 1.54) is 6.20 Å². The number of anilines is 1. The molecule has 0 radical (unpaired) electrons. The fourth-order valence-corrected chi connectivity index (χ4v) is 4.21. The zero-order valence-corrected chi connectivity index (χ0v) is 16.3. The van der Waals surface area contributed by atoms with Gasteiger partial charge in [0, 0.05) is 24.8 Å². The molecule has 160 valence electrons. The van der Waals surface area contributed by atoms with Crippen molar-refractivity contribution in [1.82, 2.24) is 24.5 Å². The number of ether oxygens (including phenoxy) is 1. The quantitative estimate of drug-likeness (QED) is 0.685. The molecule has 3 atom stereocenters. The number of alkyl halides is 3. The van der Waals surface area contributed by atoms with E-state index in [1.54, 1.807) is 6.07 Å². The van der Waals surface area contributed by atoms with Crippen LogP contribution in [0.3, 0.4) is 0 Å². The molecule has 8 nitrogen and oxygen atoms in total. The SMILES string of the molecule is N#C[C@H]1CCN([C@H]2COc3ccccc3[C@@H]2Nc2ccnc3nc(C(F)(F)F)nn23)C1. The summed E-state index contributed by atoms with van der Waals surface area (Å²) in [6.45, 7) is 1.77. The Morgan fingerprint density at radius 2 is 2.06 bits per heavy atom. The lowest BCUT2D eigenvalue weighted by molar-refractivity contribution is -0.144. The maximum Gasteiger partial charge on any atom is 0.453 e. The second-order valence-electron chi connectivity index (χ2n) is 7.62. The van der Waals surface area contributed by atoms with Crippen molar-refractivity contribution in [3.8, 4) is 11.8 Å². The van der Waals surface area contributed by atoms with Crippen LogP contribution in [0.5, 0.6) is 5.75 Å². The average Bonchev–Trinajstić information content (AvgIpc) is 3.41. The van der Waals surface area contributed by atoms with Crippen molar-refractivity contribution in [3.63, 3.8) is 0 Å². The highest BCUT2D eigenvalue weighted by molar-refractivity contribution is 5.49. The van der Waals surface area contributed by atoms with Gasteiger partial charge in [0.15, 0.2) is 0 Å². The molecule has 1 aromatic carbocycles. The predicted molar refractivity (Wildman–Crippen MR) is 103 cm³/mol. The van der Waals surface area contributed by atoms with Crippen LogP contribution in [0.15, 0.2) is 36.5 Å². The van der Waals surface area contributed by atoms with E-state index in [2.05, 4.69) is 31.4 Å². The van der Waals surface area contributed by atoms with Crippen molar-refractivity contribution in [1.29, 1.82) is 5.26 Å². The number of hydrogen-bond acceptors (Lipinski definition) is 7. The van der Waals surface area contributed by atoms with Crippen molar-refractivity contribution in [2.45, 2.75) is 24.7 Å². The third-order valence-electron chi connectivity index (χ3n) is 5.72. The highest BCUT2D eigenvalue weighted by Gasteiger charge is 2.39. The van der Waals surface area contributed by atoms with Gasteiger partial charge in [-0.2, -0.15) is 27.9 Å². The van der Waals surface area contributed by atoms with E-state index in [0.29, 0.717) is 24.7 Å². The van der Waals surface area contributed by atoms with Crippen LogP contribution in [0, 0.1) is 17.2 Å². The summed E-state index contributed by atoms with van der Waals surface area (Å²) in [5.41, 5.74) is 0.889. The molecule has 0 spiro atoms. The molecule has 1 N–H and O–H groups in total. The molecule has 2 aliphatic rings. The predicted octanol–water partition coefficient (Wildman–Crippen LogP) is 2.90. The van der Waals surface area contributed by atoms with Gasteiger partial charge in [0.2, 0.25) is 0 Å². The number of benzene rings is 1. The van der Waals surface area contributed by atoms with E-state index in [9.17, 15) is 18.4 Å². The van der Waals surface area contributed by atoms with Crippen molar-refractivity contribution in [2.75, 3.05) is 25.0 Å². The molecule has 1 saturated heterocycles. The summed E-state index contributed by atoms with van der Waals surface area (Å²) in [6, 6.07) is 11.0. The van der Waals surface area contributed by atoms with Gasteiger partial charge in [-0.1, -0.05) is 18.2 Å². The molecule has 0 saturated carbocycles. The first-order valence-corrected chi connectivity index (χ1v) is 9.85. The normalized spacial score (nSPS) is 23.9. The first kappa shape index (κ1) is 19.6. The molecular weight excluding hydrogens is 411 g/mol. The number of halogens is 3. The molecule has 31 heavy (non-hydrogen) atoms. The second kappa shape index (κ2) is 7.39. The zero-order valence-electron chi connectivity index (χ0n) is 16.3. The number of nitrogens with one attached hydrogen (secondary N) is 1. The molecule has 2 aliphatic heterocycles. The lowest BCUT2D eigenvalue weighted by Crippen LogP contribution is -2.47. The lowest BCUT2D eigenvalue weighted by atomic mass is 9.95. The van der Waals surface area contributed by atoms with Gasteiger partial charge in [-0.05, 0) is 18.6 Å². The highest BCUT2D eigenvalue weighted by Crippen LogP contribution is 2.38. The van der Waals surface area contributed by atoms with Gasteiger partial charge in [-0.15, -0.1) is 5.10 Å². The Balaban J connectivity index is 1.53. The summed E-state index contributed by atoms with van der Waals surface area (Å²) in [5, 5.41) is 16.3. The van der Waals surface area contributed by atoms with Crippen LogP contribution < -0.4 is 10.1 Å². The van der Waals surface area contributed by atoms with Gasteiger partial charge in [-0.3, -0.25) is 4.90 Å². The van der Waals surface area contributed by atoms with E-state index in [-0.39, 0.29) is 23.8 Å². The maximum absolute atomic E-state index is 13.1. The summed E-state index contributed by atoms with van der Waals surface area (Å²) in [6.07, 6.45) is -2.49. The fourth-order valence-electron chi connectivity index (χ4n) is 4.21. The van der Waals surface area contributed by atoms with E-state index < -0.39 is 12.0 Å². The van der Waals surface area contributed by atoms with Crippen LogP contribution in [-0.4, -0.2) is 50.2 Å². The van der Waals surface area contributed by atoms with Crippen molar-refractivity contribution in [3.05, 3.63) is 47.9 Å². The molecule has 0 aliphatic carbocycles. The van der Waals surface area contributed by atoms with E-state index in [0.717, 1.165) is 23.0 Å². The largest absolute Gasteiger partial charge is 0.491 e. The Kier molecular flexibility index (Phi) is 4.66. The first-order valence-electron chi connectivity index (χ1n) is 9.85. The smallest absolute Gasteiger partial charge is 0.453 e. The monoisotopic (exact) mass is 429 g/mol. The summed E-state index contributed by atoms with van der Waals surface area (Å²) in [7, 11) is 0. The summed E-state index contributed by atoms with van der Waals surface area (Å²) >= 11 is 0. The molecular formula is C20H18F3N7O. The van der Waals surface area contributed by atoms with E-state index in [4.69, 9.17) is 4.74 Å². The molecule has 3 aromatic rings. The Morgan fingerprint density at radius 1 is 1.23 bits per heavy atom. The molecule has 0 bridgehead atoms. The Labute approximate surface area is 175 Å². The molecule has 11 heteroatoms. The number of hydrogen-bond donors (Lipinski definition) is 1.